The average molecular weight is 519 g/mol. The van der Waals surface area contributed by atoms with Gasteiger partial charge in [0.1, 0.15) is 11.9 Å². The van der Waals surface area contributed by atoms with Crippen molar-refractivity contribution in [3.05, 3.63) is 89.6 Å². The molecule has 37 heavy (non-hydrogen) atoms. The standard InChI is InChI=1S/C27H30N6O3S/c1-37(35,36)33-17-15-32(16-18-33)24-11-12-25(30-20-24)31-27(34)26(23-5-3-2-4-6-23)29-14-13-21-7-9-22(19-28)10-8-21/h2-12,20,26,29H,13-18H2,1H3,(H,30,31,34)/t26-/m1/s1. The number of piperazine rings is 1. The molecular weight excluding hydrogens is 488 g/mol. The van der Waals surface area contributed by atoms with Crippen LogP contribution >= 0.6 is 0 Å². The van der Waals surface area contributed by atoms with Crippen molar-refractivity contribution in [2.75, 3.05) is 49.2 Å². The number of sulfonamides is 1. The number of nitrogens with one attached hydrogen (secondary N) is 2. The molecular formula is C27H30N6O3S. The highest BCUT2D eigenvalue weighted by Crippen LogP contribution is 2.20. The molecule has 0 radical (unpaired) electrons. The van der Waals surface area contributed by atoms with Gasteiger partial charge in [-0.2, -0.15) is 9.57 Å². The third kappa shape index (κ3) is 7.13. The maximum absolute atomic E-state index is 13.2. The van der Waals surface area contributed by atoms with Crippen LogP contribution < -0.4 is 15.5 Å². The zero-order valence-electron chi connectivity index (χ0n) is 20.7. The summed E-state index contributed by atoms with van der Waals surface area (Å²) in [6.45, 7) is 2.61. The molecule has 1 amide bonds. The van der Waals surface area contributed by atoms with E-state index < -0.39 is 16.1 Å². The van der Waals surface area contributed by atoms with Crippen LogP contribution in [0.2, 0.25) is 0 Å². The second kappa shape index (κ2) is 12.0. The monoisotopic (exact) mass is 518 g/mol. The number of pyridine rings is 1. The van der Waals surface area contributed by atoms with Gasteiger partial charge in [0, 0.05) is 32.7 Å². The normalized spacial score (nSPS) is 15.1. The number of hydrogen-bond donors (Lipinski definition) is 2. The molecule has 4 rings (SSSR count). The van der Waals surface area contributed by atoms with Gasteiger partial charge in [0.05, 0.1) is 29.8 Å². The van der Waals surface area contributed by atoms with E-state index in [9.17, 15) is 13.2 Å². The first-order chi connectivity index (χ1) is 17.8. The fourth-order valence-electron chi connectivity index (χ4n) is 4.24. The Kier molecular flexibility index (Phi) is 8.50. The van der Waals surface area contributed by atoms with E-state index in [1.165, 1.54) is 10.6 Å². The number of nitriles is 1. The van der Waals surface area contributed by atoms with E-state index in [0.717, 1.165) is 16.8 Å². The molecule has 1 aromatic heterocycles. The largest absolute Gasteiger partial charge is 0.368 e. The topological polar surface area (TPSA) is 118 Å². The smallest absolute Gasteiger partial charge is 0.247 e. The summed E-state index contributed by atoms with van der Waals surface area (Å²) >= 11 is 0. The van der Waals surface area contributed by atoms with Crippen molar-refractivity contribution >= 4 is 27.4 Å². The van der Waals surface area contributed by atoms with Crippen molar-refractivity contribution < 1.29 is 13.2 Å². The quantitative estimate of drug-likeness (QED) is 0.447. The number of aromatic nitrogens is 1. The molecule has 2 aromatic carbocycles. The van der Waals surface area contributed by atoms with Gasteiger partial charge in [0.15, 0.2) is 0 Å². The number of carbonyl (C=O) groups is 1. The molecule has 0 bridgehead atoms. The molecule has 192 valence electrons. The molecule has 1 aliphatic rings. The van der Waals surface area contributed by atoms with Gasteiger partial charge >= 0.3 is 0 Å². The first kappa shape index (κ1) is 26.3. The van der Waals surface area contributed by atoms with Crippen LogP contribution in [-0.2, 0) is 21.2 Å². The van der Waals surface area contributed by atoms with Crippen molar-refractivity contribution in [2.45, 2.75) is 12.5 Å². The van der Waals surface area contributed by atoms with Gasteiger partial charge < -0.3 is 15.5 Å². The van der Waals surface area contributed by atoms with Crippen LogP contribution in [0, 0.1) is 11.3 Å². The maximum atomic E-state index is 13.2. The second-order valence-electron chi connectivity index (χ2n) is 8.90. The third-order valence-electron chi connectivity index (χ3n) is 6.31. The van der Waals surface area contributed by atoms with Crippen molar-refractivity contribution in [2.24, 2.45) is 0 Å². The van der Waals surface area contributed by atoms with E-state index in [1.807, 2.05) is 48.5 Å². The molecule has 0 aliphatic carbocycles. The summed E-state index contributed by atoms with van der Waals surface area (Å²) < 4.78 is 24.9. The van der Waals surface area contributed by atoms with Gasteiger partial charge in [-0.1, -0.05) is 42.5 Å². The first-order valence-corrected chi connectivity index (χ1v) is 13.9. The Balaban J connectivity index is 1.37. The molecule has 1 aliphatic heterocycles. The van der Waals surface area contributed by atoms with Crippen LogP contribution in [0.1, 0.15) is 22.7 Å². The van der Waals surface area contributed by atoms with Crippen molar-refractivity contribution in [1.29, 1.82) is 5.26 Å². The molecule has 3 aromatic rings. The van der Waals surface area contributed by atoms with Gasteiger partial charge in [-0.15, -0.1) is 0 Å². The highest BCUT2D eigenvalue weighted by atomic mass is 32.2. The number of hydrogen-bond acceptors (Lipinski definition) is 7. The lowest BCUT2D eigenvalue weighted by Crippen LogP contribution is -2.48. The summed E-state index contributed by atoms with van der Waals surface area (Å²) in [6, 6.07) is 22.1. The van der Waals surface area contributed by atoms with Crippen LogP contribution in [0.25, 0.3) is 0 Å². The number of benzene rings is 2. The fraction of sp³-hybridized carbons (Fsp3) is 0.296. The summed E-state index contributed by atoms with van der Waals surface area (Å²) in [6.07, 6.45) is 3.63. The van der Waals surface area contributed by atoms with Crippen LogP contribution in [0.3, 0.4) is 0 Å². The van der Waals surface area contributed by atoms with Gasteiger partial charge in [0.25, 0.3) is 0 Å². The minimum absolute atomic E-state index is 0.215. The molecule has 2 N–H and O–H groups in total. The Morgan fingerprint density at radius 2 is 1.73 bits per heavy atom. The van der Waals surface area contributed by atoms with Gasteiger partial charge in [0.2, 0.25) is 15.9 Å². The number of nitrogens with zero attached hydrogens (tertiary/aromatic N) is 4. The molecule has 10 heteroatoms. The summed E-state index contributed by atoms with van der Waals surface area (Å²) in [5.41, 5.74) is 3.42. The third-order valence-corrected chi connectivity index (χ3v) is 7.62. The summed E-state index contributed by atoms with van der Waals surface area (Å²) in [5.74, 6) is 0.228. The SMILES string of the molecule is CS(=O)(=O)N1CCN(c2ccc(NC(=O)[C@H](NCCc3ccc(C#N)cc3)c3ccccc3)nc2)CC1. The van der Waals surface area contributed by atoms with Crippen molar-refractivity contribution in [1.82, 2.24) is 14.6 Å². The molecule has 2 heterocycles. The lowest BCUT2D eigenvalue weighted by molar-refractivity contribution is -0.118. The van der Waals surface area contributed by atoms with E-state index in [1.54, 1.807) is 24.4 Å². The van der Waals surface area contributed by atoms with Crippen LogP contribution in [0.15, 0.2) is 72.9 Å². The van der Waals surface area contributed by atoms with E-state index >= 15 is 0 Å². The maximum Gasteiger partial charge on any atom is 0.247 e. The Morgan fingerprint density at radius 3 is 2.32 bits per heavy atom. The van der Waals surface area contributed by atoms with E-state index in [0.29, 0.717) is 50.5 Å². The van der Waals surface area contributed by atoms with E-state index in [2.05, 4.69) is 26.6 Å². The Labute approximate surface area is 217 Å². The first-order valence-electron chi connectivity index (χ1n) is 12.1. The zero-order valence-corrected chi connectivity index (χ0v) is 21.5. The van der Waals surface area contributed by atoms with Gasteiger partial charge in [-0.05, 0) is 41.8 Å². The lowest BCUT2D eigenvalue weighted by atomic mass is 10.1. The summed E-state index contributed by atoms with van der Waals surface area (Å²) in [7, 11) is -3.18. The van der Waals surface area contributed by atoms with Gasteiger partial charge in [-0.25, -0.2) is 13.4 Å². The van der Waals surface area contributed by atoms with Crippen LogP contribution in [0.5, 0.6) is 0 Å². The fourth-order valence-corrected chi connectivity index (χ4v) is 5.06. The van der Waals surface area contributed by atoms with Crippen molar-refractivity contribution in [3.63, 3.8) is 0 Å². The number of rotatable bonds is 9. The zero-order chi connectivity index (χ0) is 26.3. The Bertz CT molecular complexity index is 1330. The van der Waals surface area contributed by atoms with Crippen molar-refractivity contribution in [3.8, 4) is 6.07 Å². The molecule has 0 spiro atoms. The molecule has 9 nitrogen and oxygen atoms in total. The minimum Gasteiger partial charge on any atom is -0.368 e. The van der Waals surface area contributed by atoms with Crippen LogP contribution in [-0.4, -0.2) is 62.6 Å². The minimum atomic E-state index is -3.18. The summed E-state index contributed by atoms with van der Waals surface area (Å²) in [4.78, 5) is 19.7. The molecule has 1 saturated heterocycles. The highest BCUT2D eigenvalue weighted by Gasteiger charge is 2.24. The van der Waals surface area contributed by atoms with Gasteiger partial charge in [-0.3, -0.25) is 4.79 Å². The number of carbonyl (C=O) groups excluding carboxylic acids is 1. The predicted octanol–water partition coefficient (Wildman–Crippen LogP) is 2.55. The Morgan fingerprint density at radius 1 is 1.03 bits per heavy atom. The number of anilines is 2. The van der Waals surface area contributed by atoms with E-state index in [4.69, 9.17) is 5.26 Å². The lowest BCUT2D eigenvalue weighted by Gasteiger charge is -2.34. The second-order valence-corrected chi connectivity index (χ2v) is 10.9. The predicted molar refractivity (Wildman–Crippen MR) is 144 cm³/mol. The van der Waals surface area contributed by atoms with E-state index in [-0.39, 0.29) is 5.91 Å². The average Bonchev–Trinajstić information content (AvgIpc) is 2.92. The molecule has 0 unspecified atom stereocenters. The number of amides is 1. The van der Waals surface area contributed by atoms with Crippen LogP contribution in [0.4, 0.5) is 11.5 Å². The molecule has 0 saturated carbocycles. The summed E-state index contributed by atoms with van der Waals surface area (Å²) in [5, 5.41) is 15.2. The Hall–Kier alpha value is -3.78. The molecule has 1 fully saturated rings. The highest BCUT2D eigenvalue weighted by molar-refractivity contribution is 7.88. The molecule has 1 atom stereocenters.